The van der Waals surface area contributed by atoms with Gasteiger partial charge >= 0.3 is 0 Å². The van der Waals surface area contributed by atoms with E-state index in [2.05, 4.69) is 38.2 Å². The molecule has 4 heteroatoms. The molecular weight excluding hydrogens is 374 g/mol. The van der Waals surface area contributed by atoms with Crippen molar-refractivity contribution in [3.05, 3.63) is 89.5 Å². The van der Waals surface area contributed by atoms with Gasteiger partial charge in [0.15, 0.2) is 0 Å². The molecule has 0 bridgehead atoms. The Morgan fingerprint density at radius 1 is 0.800 bits per heavy atom. The van der Waals surface area contributed by atoms with Gasteiger partial charge in [-0.1, -0.05) is 45.0 Å². The molecule has 0 aliphatic heterocycles. The van der Waals surface area contributed by atoms with E-state index in [0.717, 1.165) is 22.7 Å². The number of hydrogen-bond acceptors (Lipinski definition) is 3. The van der Waals surface area contributed by atoms with Crippen molar-refractivity contribution >= 4 is 11.6 Å². The molecule has 3 aromatic rings. The van der Waals surface area contributed by atoms with Crippen molar-refractivity contribution in [2.45, 2.75) is 39.7 Å². The Morgan fingerprint density at radius 2 is 1.37 bits per heavy atom. The largest absolute Gasteiger partial charge is 0.494 e. The lowest BCUT2D eigenvalue weighted by Gasteiger charge is -2.19. The Hall–Kier alpha value is -3.27. The number of anilines is 1. The molecule has 156 valence electrons. The summed E-state index contributed by atoms with van der Waals surface area (Å²) in [5.74, 6) is 1.47. The number of benzene rings is 3. The number of rotatable bonds is 7. The second-order valence-corrected chi connectivity index (χ2v) is 8.17. The monoisotopic (exact) mass is 403 g/mol. The van der Waals surface area contributed by atoms with Crippen molar-refractivity contribution in [1.29, 1.82) is 0 Å². The molecule has 1 amide bonds. The third kappa shape index (κ3) is 5.86. The normalized spacial score (nSPS) is 11.1. The van der Waals surface area contributed by atoms with Gasteiger partial charge in [0.1, 0.15) is 18.1 Å². The van der Waals surface area contributed by atoms with Crippen molar-refractivity contribution in [3.8, 4) is 11.5 Å². The molecule has 0 atom stereocenters. The van der Waals surface area contributed by atoms with Gasteiger partial charge in [0.05, 0.1) is 6.61 Å². The van der Waals surface area contributed by atoms with Crippen LogP contribution in [0.25, 0.3) is 0 Å². The summed E-state index contributed by atoms with van der Waals surface area (Å²) >= 11 is 0. The van der Waals surface area contributed by atoms with E-state index in [0.29, 0.717) is 18.8 Å². The van der Waals surface area contributed by atoms with Crippen LogP contribution in [-0.4, -0.2) is 12.5 Å². The second-order valence-electron chi connectivity index (χ2n) is 8.17. The van der Waals surface area contributed by atoms with Crippen LogP contribution < -0.4 is 14.8 Å². The van der Waals surface area contributed by atoms with E-state index in [1.807, 2.05) is 67.6 Å². The van der Waals surface area contributed by atoms with Crippen LogP contribution in [-0.2, 0) is 12.0 Å². The third-order valence-electron chi connectivity index (χ3n) is 4.77. The molecule has 0 unspecified atom stereocenters. The predicted molar refractivity (Wildman–Crippen MR) is 121 cm³/mol. The average Bonchev–Trinajstić information content (AvgIpc) is 2.74. The standard InChI is InChI=1S/C26H29NO3/c1-5-29-23-16-12-22(13-17-23)27-25(28)20-8-6-19(7-9-20)18-30-24-14-10-21(11-15-24)26(2,3)4/h6-17H,5,18H2,1-4H3,(H,27,28). The van der Waals surface area contributed by atoms with E-state index >= 15 is 0 Å². The predicted octanol–water partition coefficient (Wildman–Crippen LogP) is 6.21. The highest BCUT2D eigenvalue weighted by atomic mass is 16.5. The zero-order chi connectivity index (χ0) is 21.6. The summed E-state index contributed by atoms with van der Waals surface area (Å²) in [4.78, 5) is 12.5. The van der Waals surface area contributed by atoms with Crippen LogP contribution >= 0.6 is 0 Å². The van der Waals surface area contributed by atoms with Gasteiger partial charge in [-0.25, -0.2) is 0 Å². The van der Waals surface area contributed by atoms with Gasteiger partial charge in [-0.3, -0.25) is 4.79 Å². The van der Waals surface area contributed by atoms with E-state index < -0.39 is 0 Å². The van der Waals surface area contributed by atoms with Crippen LogP contribution in [0.2, 0.25) is 0 Å². The minimum absolute atomic E-state index is 0.125. The topological polar surface area (TPSA) is 47.6 Å². The van der Waals surface area contributed by atoms with E-state index in [-0.39, 0.29) is 11.3 Å². The fraction of sp³-hybridized carbons (Fsp3) is 0.269. The lowest BCUT2D eigenvalue weighted by Crippen LogP contribution is -2.12. The molecule has 0 fully saturated rings. The summed E-state index contributed by atoms with van der Waals surface area (Å²) in [7, 11) is 0. The smallest absolute Gasteiger partial charge is 0.255 e. The molecule has 0 saturated carbocycles. The summed E-state index contributed by atoms with van der Waals surface area (Å²) in [5.41, 5.74) is 3.74. The number of amides is 1. The minimum atomic E-state index is -0.149. The summed E-state index contributed by atoms with van der Waals surface area (Å²) in [6.45, 7) is 9.58. The van der Waals surface area contributed by atoms with E-state index in [4.69, 9.17) is 9.47 Å². The molecule has 3 rings (SSSR count). The maximum atomic E-state index is 12.5. The van der Waals surface area contributed by atoms with Crippen LogP contribution in [0.5, 0.6) is 11.5 Å². The van der Waals surface area contributed by atoms with Crippen LogP contribution in [0, 0.1) is 0 Å². The zero-order valence-corrected chi connectivity index (χ0v) is 18.1. The van der Waals surface area contributed by atoms with Crippen LogP contribution in [0.1, 0.15) is 49.2 Å². The number of carbonyl (C=O) groups is 1. The summed E-state index contributed by atoms with van der Waals surface area (Å²) < 4.78 is 11.3. The Kier molecular flexibility index (Phi) is 6.78. The van der Waals surface area contributed by atoms with Crippen molar-refractivity contribution in [3.63, 3.8) is 0 Å². The number of carbonyl (C=O) groups excluding carboxylic acids is 1. The van der Waals surface area contributed by atoms with Gasteiger partial charge in [-0.05, 0) is 72.0 Å². The number of hydrogen-bond donors (Lipinski definition) is 1. The fourth-order valence-corrected chi connectivity index (χ4v) is 2.97. The highest BCUT2D eigenvalue weighted by Crippen LogP contribution is 2.24. The zero-order valence-electron chi connectivity index (χ0n) is 18.1. The Labute approximate surface area is 178 Å². The molecule has 0 aliphatic carbocycles. The molecule has 0 aromatic heterocycles. The molecule has 1 N–H and O–H groups in total. The van der Waals surface area contributed by atoms with Gasteiger partial charge in [0.2, 0.25) is 0 Å². The third-order valence-corrected chi connectivity index (χ3v) is 4.77. The molecule has 0 saturated heterocycles. The molecule has 0 aliphatic rings. The van der Waals surface area contributed by atoms with E-state index in [1.165, 1.54) is 5.56 Å². The van der Waals surface area contributed by atoms with Crippen molar-refractivity contribution in [2.24, 2.45) is 0 Å². The number of nitrogens with one attached hydrogen (secondary N) is 1. The van der Waals surface area contributed by atoms with Crippen LogP contribution in [0.3, 0.4) is 0 Å². The van der Waals surface area contributed by atoms with Gasteiger partial charge in [0, 0.05) is 11.3 Å². The molecule has 3 aromatic carbocycles. The highest BCUT2D eigenvalue weighted by molar-refractivity contribution is 6.04. The first-order valence-corrected chi connectivity index (χ1v) is 10.2. The molecule has 0 spiro atoms. The van der Waals surface area contributed by atoms with Gasteiger partial charge in [-0.2, -0.15) is 0 Å². The first kappa shape index (κ1) is 21.4. The molecule has 0 heterocycles. The Morgan fingerprint density at radius 3 is 1.93 bits per heavy atom. The lowest BCUT2D eigenvalue weighted by atomic mass is 9.87. The molecule has 30 heavy (non-hydrogen) atoms. The second kappa shape index (κ2) is 9.49. The summed E-state index contributed by atoms with van der Waals surface area (Å²) in [6, 6.07) is 23.0. The molecule has 4 nitrogen and oxygen atoms in total. The van der Waals surface area contributed by atoms with Crippen LogP contribution in [0.4, 0.5) is 5.69 Å². The highest BCUT2D eigenvalue weighted by Gasteiger charge is 2.13. The van der Waals surface area contributed by atoms with Gasteiger partial charge in [-0.15, -0.1) is 0 Å². The minimum Gasteiger partial charge on any atom is -0.494 e. The van der Waals surface area contributed by atoms with Crippen molar-refractivity contribution < 1.29 is 14.3 Å². The fourth-order valence-electron chi connectivity index (χ4n) is 2.97. The lowest BCUT2D eigenvalue weighted by molar-refractivity contribution is 0.102. The maximum absolute atomic E-state index is 12.5. The first-order valence-electron chi connectivity index (χ1n) is 10.2. The average molecular weight is 404 g/mol. The quantitative estimate of drug-likeness (QED) is 0.510. The Bertz CT molecular complexity index is 953. The Balaban J connectivity index is 1.54. The first-order chi connectivity index (χ1) is 14.3. The van der Waals surface area contributed by atoms with Crippen molar-refractivity contribution in [1.82, 2.24) is 0 Å². The molecule has 0 radical (unpaired) electrons. The van der Waals surface area contributed by atoms with E-state index in [9.17, 15) is 4.79 Å². The summed E-state index contributed by atoms with van der Waals surface area (Å²) in [5, 5.41) is 2.90. The van der Waals surface area contributed by atoms with E-state index in [1.54, 1.807) is 0 Å². The van der Waals surface area contributed by atoms with Gasteiger partial charge in [0.25, 0.3) is 5.91 Å². The summed E-state index contributed by atoms with van der Waals surface area (Å²) in [6.07, 6.45) is 0. The SMILES string of the molecule is CCOc1ccc(NC(=O)c2ccc(COc3ccc(C(C)(C)C)cc3)cc2)cc1. The molecular formula is C26H29NO3. The van der Waals surface area contributed by atoms with Gasteiger partial charge < -0.3 is 14.8 Å². The maximum Gasteiger partial charge on any atom is 0.255 e. The van der Waals surface area contributed by atoms with Crippen molar-refractivity contribution in [2.75, 3.05) is 11.9 Å². The number of ether oxygens (including phenoxy) is 2. The van der Waals surface area contributed by atoms with Crippen LogP contribution in [0.15, 0.2) is 72.8 Å².